The molecule has 2 aromatic carbocycles. The molecule has 0 amide bonds. The lowest BCUT2D eigenvalue weighted by molar-refractivity contribution is -0.0190. The quantitative estimate of drug-likeness (QED) is 0.751. The van der Waals surface area contributed by atoms with Gasteiger partial charge in [-0.05, 0) is 36.4 Å². The molecule has 0 aliphatic carbocycles. The molecule has 0 fully saturated rings. The summed E-state index contributed by atoms with van der Waals surface area (Å²) >= 11 is 0. The number of hydrazone groups is 1. The molecule has 140 valence electrons. The predicted octanol–water partition coefficient (Wildman–Crippen LogP) is 4.04. The van der Waals surface area contributed by atoms with E-state index in [0.717, 1.165) is 22.6 Å². The zero-order chi connectivity index (χ0) is 19.1. The number of methoxy groups -OCH3 is 1. The second kappa shape index (κ2) is 6.56. The lowest BCUT2D eigenvalue weighted by atomic mass is 9.95. The van der Waals surface area contributed by atoms with Gasteiger partial charge in [0, 0.05) is 35.5 Å². The highest BCUT2D eigenvalue weighted by Gasteiger charge is 2.41. The van der Waals surface area contributed by atoms with Gasteiger partial charge in [0.2, 0.25) is 6.23 Å². The monoisotopic (exact) mass is 373 g/mol. The van der Waals surface area contributed by atoms with Gasteiger partial charge < -0.3 is 14.6 Å². The zero-order valence-electron chi connectivity index (χ0n) is 15.3. The summed E-state index contributed by atoms with van der Waals surface area (Å²) in [6.07, 6.45) is 3.82. The maximum absolute atomic E-state index is 10.4. The van der Waals surface area contributed by atoms with Crippen molar-refractivity contribution < 1.29 is 14.6 Å². The predicted molar refractivity (Wildman–Crippen MR) is 104 cm³/mol. The minimum absolute atomic E-state index is 0.0312. The number of hydrogen-bond donors (Lipinski definition) is 1. The van der Waals surface area contributed by atoms with Gasteiger partial charge in [0.25, 0.3) is 0 Å². The molecular weight excluding hydrogens is 354 g/mol. The fraction of sp³-hybridized carbons (Fsp3) is 0.182. The summed E-state index contributed by atoms with van der Waals surface area (Å²) < 4.78 is 11.6. The minimum atomic E-state index is -0.354. The lowest BCUT2D eigenvalue weighted by Gasteiger charge is -2.38. The summed E-state index contributed by atoms with van der Waals surface area (Å²) in [7, 11) is 1.61. The van der Waals surface area contributed by atoms with Gasteiger partial charge in [-0.1, -0.05) is 18.2 Å². The molecule has 0 saturated heterocycles. The Kier molecular flexibility index (Phi) is 3.90. The molecule has 0 saturated carbocycles. The molecule has 3 heterocycles. The van der Waals surface area contributed by atoms with Crippen LogP contribution in [0.25, 0.3) is 0 Å². The molecule has 0 radical (unpaired) electrons. The van der Waals surface area contributed by atoms with Crippen LogP contribution in [0.2, 0.25) is 0 Å². The van der Waals surface area contributed by atoms with Crippen molar-refractivity contribution in [2.75, 3.05) is 7.11 Å². The Morgan fingerprint density at radius 1 is 1.11 bits per heavy atom. The van der Waals surface area contributed by atoms with Gasteiger partial charge in [-0.25, -0.2) is 5.01 Å². The first-order valence-corrected chi connectivity index (χ1v) is 9.13. The number of ether oxygens (including phenoxy) is 2. The van der Waals surface area contributed by atoms with E-state index >= 15 is 0 Å². The van der Waals surface area contributed by atoms with E-state index in [1.807, 2.05) is 41.4 Å². The van der Waals surface area contributed by atoms with Crippen molar-refractivity contribution in [1.82, 2.24) is 9.99 Å². The van der Waals surface area contributed by atoms with E-state index in [4.69, 9.17) is 14.6 Å². The van der Waals surface area contributed by atoms with Crippen LogP contribution < -0.4 is 9.47 Å². The Hall–Kier alpha value is -3.54. The van der Waals surface area contributed by atoms with Crippen LogP contribution in [0.15, 0.2) is 72.1 Å². The number of nitrogens with zero attached hydrogens (tertiary/aromatic N) is 3. The first-order chi connectivity index (χ1) is 13.7. The highest BCUT2D eigenvalue weighted by atomic mass is 16.5. The molecule has 2 aliphatic rings. The van der Waals surface area contributed by atoms with Crippen LogP contribution >= 0.6 is 0 Å². The van der Waals surface area contributed by atoms with E-state index < -0.39 is 0 Å². The van der Waals surface area contributed by atoms with Crippen molar-refractivity contribution in [2.24, 2.45) is 5.10 Å². The van der Waals surface area contributed by atoms with Crippen molar-refractivity contribution in [3.63, 3.8) is 0 Å². The van der Waals surface area contributed by atoms with Gasteiger partial charge >= 0.3 is 0 Å². The number of benzene rings is 2. The van der Waals surface area contributed by atoms with Crippen LogP contribution in [0.1, 0.15) is 35.4 Å². The summed E-state index contributed by atoms with van der Waals surface area (Å²) in [5.74, 6) is 1.73. The number of phenolic OH excluding ortho intramolecular Hbond substituents is 1. The Morgan fingerprint density at radius 2 is 1.93 bits per heavy atom. The maximum Gasteiger partial charge on any atom is 0.213 e. The third-order valence-corrected chi connectivity index (χ3v) is 5.20. The highest BCUT2D eigenvalue weighted by Crippen LogP contribution is 2.47. The Labute approximate surface area is 162 Å². The average Bonchev–Trinajstić information content (AvgIpc) is 3.19. The number of aromatic hydroxyl groups is 1. The van der Waals surface area contributed by atoms with Crippen molar-refractivity contribution in [2.45, 2.75) is 18.7 Å². The van der Waals surface area contributed by atoms with Gasteiger partial charge in [-0.2, -0.15) is 5.10 Å². The van der Waals surface area contributed by atoms with Gasteiger partial charge in [0.1, 0.15) is 17.2 Å². The van der Waals surface area contributed by atoms with Gasteiger partial charge in [0.05, 0.1) is 18.9 Å². The SMILES string of the molecule is COc1ccc(O)c(C2=NN3[C@H](C2)c2ccccc2O[C@@H]3c2ccncc2)c1. The lowest BCUT2D eigenvalue weighted by Crippen LogP contribution is -2.33. The normalized spacial score (nSPS) is 20.0. The van der Waals surface area contributed by atoms with E-state index in [0.29, 0.717) is 17.7 Å². The summed E-state index contributed by atoms with van der Waals surface area (Å²) in [4.78, 5) is 4.11. The fourth-order valence-corrected chi connectivity index (χ4v) is 3.82. The molecule has 2 atom stereocenters. The van der Waals surface area contributed by atoms with Crippen LogP contribution in [0.5, 0.6) is 17.2 Å². The fourth-order valence-electron chi connectivity index (χ4n) is 3.82. The molecule has 0 bridgehead atoms. The first-order valence-electron chi connectivity index (χ1n) is 9.13. The van der Waals surface area contributed by atoms with Crippen LogP contribution in [-0.4, -0.2) is 27.9 Å². The average molecular weight is 373 g/mol. The second-order valence-electron chi connectivity index (χ2n) is 6.82. The minimum Gasteiger partial charge on any atom is -0.507 e. The zero-order valence-corrected chi connectivity index (χ0v) is 15.3. The van der Waals surface area contributed by atoms with Crippen molar-refractivity contribution >= 4 is 5.71 Å². The standard InChI is InChI=1S/C22H19N3O3/c1-27-15-6-7-20(26)17(12-15)18-13-19-16-4-2-3-5-21(16)28-22(25(19)24-18)14-8-10-23-11-9-14/h2-12,19,22,26H,13H2,1H3/t19-,22-/m1/s1. The van der Waals surface area contributed by atoms with E-state index in [9.17, 15) is 5.11 Å². The number of rotatable bonds is 3. The molecule has 3 aromatic rings. The van der Waals surface area contributed by atoms with Crippen molar-refractivity contribution in [3.05, 3.63) is 83.7 Å². The molecule has 6 heteroatoms. The van der Waals surface area contributed by atoms with Crippen LogP contribution in [0.4, 0.5) is 0 Å². The summed E-state index contributed by atoms with van der Waals surface area (Å²) in [5, 5.41) is 17.2. The summed E-state index contributed by atoms with van der Waals surface area (Å²) in [6.45, 7) is 0. The van der Waals surface area contributed by atoms with Crippen LogP contribution in [0, 0.1) is 0 Å². The number of pyridine rings is 1. The molecule has 0 unspecified atom stereocenters. The Bertz CT molecular complexity index is 1050. The van der Waals surface area contributed by atoms with E-state index in [-0.39, 0.29) is 18.0 Å². The van der Waals surface area contributed by atoms with E-state index in [1.54, 1.807) is 31.6 Å². The third-order valence-electron chi connectivity index (χ3n) is 5.20. The number of fused-ring (bicyclic) bond motifs is 3. The molecule has 6 nitrogen and oxygen atoms in total. The Morgan fingerprint density at radius 3 is 2.75 bits per heavy atom. The topological polar surface area (TPSA) is 67.2 Å². The van der Waals surface area contributed by atoms with Crippen molar-refractivity contribution in [3.8, 4) is 17.2 Å². The van der Waals surface area contributed by atoms with Gasteiger partial charge in [-0.15, -0.1) is 0 Å². The molecule has 28 heavy (non-hydrogen) atoms. The van der Waals surface area contributed by atoms with Gasteiger partial charge in [-0.3, -0.25) is 4.98 Å². The molecule has 1 N–H and O–H groups in total. The number of aromatic nitrogens is 1. The highest BCUT2D eigenvalue weighted by molar-refractivity contribution is 6.04. The first kappa shape index (κ1) is 16.6. The van der Waals surface area contributed by atoms with Crippen molar-refractivity contribution in [1.29, 1.82) is 0 Å². The number of para-hydroxylation sites is 1. The van der Waals surface area contributed by atoms with Gasteiger partial charge in [0.15, 0.2) is 0 Å². The second-order valence-corrected chi connectivity index (χ2v) is 6.82. The van der Waals surface area contributed by atoms with Crippen LogP contribution in [0.3, 0.4) is 0 Å². The van der Waals surface area contributed by atoms with Crippen LogP contribution in [-0.2, 0) is 0 Å². The van der Waals surface area contributed by atoms with E-state index in [1.165, 1.54) is 0 Å². The molecule has 2 aliphatic heterocycles. The number of hydrogen-bond acceptors (Lipinski definition) is 6. The molecular formula is C22H19N3O3. The molecule has 1 aromatic heterocycles. The summed E-state index contributed by atoms with van der Waals surface area (Å²) in [5.41, 5.74) is 3.56. The number of phenols is 1. The maximum atomic E-state index is 10.4. The molecule has 5 rings (SSSR count). The molecule has 0 spiro atoms. The Balaban J connectivity index is 1.61. The van der Waals surface area contributed by atoms with E-state index in [2.05, 4.69) is 11.1 Å². The smallest absolute Gasteiger partial charge is 0.213 e. The summed E-state index contributed by atoms with van der Waals surface area (Å²) in [6, 6.07) is 17.1. The largest absolute Gasteiger partial charge is 0.507 e. The third kappa shape index (κ3) is 2.65.